The Labute approximate surface area is 131 Å². The average molecular weight is 300 g/mol. The van der Waals surface area contributed by atoms with Crippen LogP contribution in [0, 0.1) is 0 Å². The number of hydrogen-bond donors (Lipinski definition) is 1. The molecule has 118 valence electrons. The molecule has 5 heteroatoms. The van der Waals surface area contributed by atoms with E-state index in [1.165, 1.54) is 25.3 Å². The first-order chi connectivity index (χ1) is 10.7. The molecule has 0 saturated heterocycles. The fourth-order valence-corrected chi connectivity index (χ4v) is 2.28. The molecule has 0 aliphatic rings. The number of hydrogen-bond acceptors (Lipinski definition) is 3. The lowest BCUT2D eigenvalue weighted by Gasteiger charge is -2.06. The van der Waals surface area contributed by atoms with Crippen LogP contribution in [0.2, 0.25) is 0 Å². The minimum absolute atomic E-state index is 0.0539. The number of benzene rings is 1. The highest BCUT2D eigenvalue weighted by Crippen LogP contribution is 2.08. The largest absolute Gasteiger partial charge is 0.349 e. The standard InChI is InChI=1S/C17H24N4O/c1-3-4-6-11-16-19-17(12-18-14(2)22)21(20-16)13-15-9-7-5-8-10-15/h5,7-10H,3-4,6,11-13H2,1-2H3,(H,18,22). The zero-order valence-electron chi connectivity index (χ0n) is 13.4. The number of unbranched alkanes of at least 4 members (excludes halogenated alkanes) is 2. The van der Waals surface area contributed by atoms with Crippen LogP contribution >= 0.6 is 0 Å². The summed E-state index contributed by atoms with van der Waals surface area (Å²) >= 11 is 0. The summed E-state index contributed by atoms with van der Waals surface area (Å²) in [5.74, 6) is 1.62. The van der Waals surface area contributed by atoms with E-state index in [1.807, 2.05) is 22.9 Å². The highest BCUT2D eigenvalue weighted by atomic mass is 16.1. The Balaban J connectivity index is 2.11. The first kappa shape index (κ1) is 16.2. The Bertz CT molecular complexity index is 592. The SMILES string of the molecule is CCCCCc1nc(CNC(C)=O)n(Cc2ccccc2)n1. The van der Waals surface area contributed by atoms with Crippen molar-refractivity contribution < 1.29 is 4.79 Å². The van der Waals surface area contributed by atoms with Gasteiger partial charge in [0.1, 0.15) is 5.82 Å². The molecular formula is C17H24N4O. The van der Waals surface area contributed by atoms with Gasteiger partial charge in [0, 0.05) is 13.3 Å². The van der Waals surface area contributed by atoms with Gasteiger partial charge in [-0.1, -0.05) is 50.1 Å². The van der Waals surface area contributed by atoms with Crippen LogP contribution in [0.25, 0.3) is 0 Å². The van der Waals surface area contributed by atoms with Gasteiger partial charge in [-0.3, -0.25) is 4.79 Å². The molecule has 1 heterocycles. The van der Waals surface area contributed by atoms with Crippen LogP contribution in [0.3, 0.4) is 0 Å². The number of nitrogens with zero attached hydrogens (tertiary/aromatic N) is 3. The Kier molecular flexibility index (Phi) is 6.13. The topological polar surface area (TPSA) is 59.8 Å². The number of nitrogens with one attached hydrogen (secondary N) is 1. The summed E-state index contributed by atoms with van der Waals surface area (Å²) in [6.45, 7) is 4.79. The van der Waals surface area contributed by atoms with Crippen molar-refractivity contribution in [2.24, 2.45) is 0 Å². The fourth-order valence-electron chi connectivity index (χ4n) is 2.28. The zero-order chi connectivity index (χ0) is 15.8. The van der Waals surface area contributed by atoms with Crippen LogP contribution in [0.15, 0.2) is 30.3 Å². The molecule has 0 fully saturated rings. The van der Waals surface area contributed by atoms with E-state index in [0.717, 1.165) is 24.5 Å². The van der Waals surface area contributed by atoms with E-state index in [-0.39, 0.29) is 5.91 Å². The molecule has 0 spiro atoms. The fraction of sp³-hybridized carbons (Fsp3) is 0.471. The molecule has 0 aliphatic heterocycles. The van der Waals surface area contributed by atoms with Gasteiger partial charge in [-0.25, -0.2) is 9.67 Å². The average Bonchev–Trinajstić information content (AvgIpc) is 2.88. The Morgan fingerprint density at radius 1 is 1.23 bits per heavy atom. The second-order valence-electron chi connectivity index (χ2n) is 5.45. The third-order valence-electron chi connectivity index (χ3n) is 3.47. The Morgan fingerprint density at radius 3 is 2.68 bits per heavy atom. The highest BCUT2D eigenvalue weighted by molar-refractivity contribution is 5.72. The molecule has 2 aromatic rings. The van der Waals surface area contributed by atoms with E-state index in [2.05, 4.69) is 34.5 Å². The third kappa shape index (κ3) is 4.98. The van der Waals surface area contributed by atoms with Crippen LogP contribution in [0.4, 0.5) is 0 Å². The van der Waals surface area contributed by atoms with Gasteiger partial charge in [0.15, 0.2) is 5.82 Å². The van der Waals surface area contributed by atoms with Crippen molar-refractivity contribution in [3.05, 3.63) is 47.5 Å². The molecule has 0 atom stereocenters. The van der Waals surface area contributed by atoms with Crippen molar-refractivity contribution in [2.75, 3.05) is 0 Å². The van der Waals surface area contributed by atoms with E-state index in [1.54, 1.807) is 0 Å². The molecule has 1 aromatic heterocycles. The molecular weight excluding hydrogens is 276 g/mol. The third-order valence-corrected chi connectivity index (χ3v) is 3.47. The molecule has 0 bridgehead atoms. The minimum atomic E-state index is -0.0539. The van der Waals surface area contributed by atoms with Crippen molar-refractivity contribution in [3.8, 4) is 0 Å². The van der Waals surface area contributed by atoms with Gasteiger partial charge in [-0.2, -0.15) is 5.10 Å². The van der Waals surface area contributed by atoms with Gasteiger partial charge in [0.05, 0.1) is 13.1 Å². The quantitative estimate of drug-likeness (QED) is 0.763. The van der Waals surface area contributed by atoms with E-state index < -0.39 is 0 Å². The number of carbonyl (C=O) groups is 1. The summed E-state index contributed by atoms with van der Waals surface area (Å²) in [6.07, 6.45) is 4.37. The van der Waals surface area contributed by atoms with Crippen molar-refractivity contribution >= 4 is 5.91 Å². The smallest absolute Gasteiger partial charge is 0.217 e. The first-order valence-electron chi connectivity index (χ1n) is 7.90. The van der Waals surface area contributed by atoms with Crippen LogP contribution < -0.4 is 5.32 Å². The molecule has 1 N–H and O–H groups in total. The van der Waals surface area contributed by atoms with Crippen LogP contribution in [-0.4, -0.2) is 20.7 Å². The second-order valence-corrected chi connectivity index (χ2v) is 5.45. The van der Waals surface area contributed by atoms with Gasteiger partial charge < -0.3 is 5.32 Å². The van der Waals surface area contributed by atoms with Gasteiger partial charge in [-0.05, 0) is 12.0 Å². The lowest BCUT2D eigenvalue weighted by molar-refractivity contribution is -0.119. The second kappa shape index (κ2) is 8.32. The van der Waals surface area contributed by atoms with Crippen molar-refractivity contribution in [1.82, 2.24) is 20.1 Å². The summed E-state index contributed by atoms with van der Waals surface area (Å²) in [5, 5.41) is 7.42. The lowest BCUT2D eigenvalue weighted by atomic mass is 10.2. The summed E-state index contributed by atoms with van der Waals surface area (Å²) in [7, 11) is 0. The summed E-state index contributed by atoms with van der Waals surface area (Å²) in [4.78, 5) is 15.7. The predicted molar refractivity (Wildman–Crippen MR) is 86.3 cm³/mol. The minimum Gasteiger partial charge on any atom is -0.349 e. The molecule has 22 heavy (non-hydrogen) atoms. The van der Waals surface area contributed by atoms with Gasteiger partial charge in [0.25, 0.3) is 0 Å². The molecule has 1 aromatic carbocycles. The van der Waals surface area contributed by atoms with Gasteiger partial charge in [-0.15, -0.1) is 0 Å². The molecule has 2 rings (SSSR count). The summed E-state index contributed by atoms with van der Waals surface area (Å²) in [6, 6.07) is 10.2. The maximum Gasteiger partial charge on any atom is 0.217 e. The van der Waals surface area contributed by atoms with Crippen molar-refractivity contribution in [1.29, 1.82) is 0 Å². The van der Waals surface area contributed by atoms with Gasteiger partial charge >= 0.3 is 0 Å². The monoisotopic (exact) mass is 300 g/mol. The first-order valence-corrected chi connectivity index (χ1v) is 7.90. The van der Waals surface area contributed by atoms with E-state index >= 15 is 0 Å². The van der Waals surface area contributed by atoms with E-state index in [4.69, 9.17) is 0 Å². The molecule has 0 aliphatic carbocycles. The van der Waals surface area contributed by atoms with Crippen molar-refractivity contribution in [3.63, 3.8) is 0 Å². The van der Waals surface area contributed by atoms with E-state index in [9.17, 15) is 4.79 Å². The molecule has 1 amide bonds. The number of amides is 1. The summed E-state index contributed by atoms with van der Waals surface area (Å²) < 4.78 is 1.90. The Hall–Kier alpha value is -2.17. The molecule has 0 saturated carbocycles. The number of aromatic nitrogens is 3. The molecule has 0 unspecified atom stereocenters. The van der Waals surface area contributed by atoms with E-state index in [0.29, 0.717) is 13.1 Å². The van der Waals surface area contributed by atoms with Crippen molar-refractivity contribution in [2.45, 2.75) is 52.6 Å². The van der Waals surface area contributed by atoms with Crippen LogP contribution in [-0.2, 0) is 24.3 Å². The lowest BCUT2D eigenvalue weighted by Crippen LogP contribution is -2.22. The number of carbonyl (C=O) groups excluding carboxylic acids is 1. The number of aryl methyl sites for hydroxylation is 1. The predicted octanol–water partition coefficient (Wildman–Crippen LogP) is 2.70. The molecule has 0 radical (unpaired) electrons. The van der Waals surface area contributed by atoms with Crippen LogP contribution in [0.1, 0.15) is 50.3 Å². The maximum atomic E-state index is 11.1. The molecule has 5 nitrogen and oxygen atoms in total. The highest BCUT2D eigenvalue weighted by Gasteiger charge is 2.10. The Morgan fingerprint density at radius 2 is 2.00 bits per heavy atom. The zero-order valence-corrected chi connectivity index (χ0v) is 13.4. The maximum absolute atomic E-state index is 11.1. The van der Waals surface area contributed by atoms with Crippen LogP contribution in [0.5, 0.6) is 0 Å². The normalized spacial score (nSPS) is 10.6. The van der Waals surface area contributed by atoms with Gasteiger partial charge in [0.2, 0.25) is 5.91 Å². The number of rotatable bonds is 8. The summed E-state index contributed by atoms with van der Waals surface area (Å²) in [5.41, 5.74) is 1.18.